The largest absolute Gasteiger partial charge is 0.381 e. The van der Waals surface area contributed by atoms with Crippen molar-refractivity contribution in [1.29, 1.82) is 0 Å². The van der Waals surface area contributed by atoms with E-state index in [1.165, 1.54) is 4.57 Å². The number of carbonyl (C=O) groups is 1. The zero-order chi connectivity index (χ0) is 18.1. The molecule has 0 saturated heterocycles. The van der Waals surface area contributed by atoms with Crippen LogP contribution in [0.25, 0.3) is 0 Å². The van der Waals surface area contributed by atoms with Gasteiger partial charge in [0, 0.05) is 19.5 Å². The van der Waals surface area contributed by atoms with Crippen molar-refractivity contribution in [1.82, 2.24) is 9.55 Å². The first-order valence-electron chi connectivity index (χ1n) is 8.54. The second-order valence-electron chi connectivity index (χ2n) is 7.58. The molecule has 0 spiro atoms. The third-order valence-corrected chi connectivity index (χ3v) is 4.76. The van der Waals surface area contributed by atoms with Crippen molar-refractivity contribution in [2.75, 3.05) is 17.7 Å². The number of anilines is 2. The standard InChI is InChI=1S/C17H28N4O3/c1-6-21-13(12(18-5)15(23)20-16(21)24)19-14(22)11-7-10(2)8-17(3,4)9-11/h10-11,18H,6-9H2,1-5H3,(H,19,22)(H,20,23,24)/t10-,11-/m1/s1. The van der Waals surface area contributed by atoms with Crippen LogP contribution >= 0.6 is 0 Å². The van der Waals surface area contributed by atoms with Gasteiger partial charge in [-0.15, -0.1) is 0 Å². The molecule has 24 heavy (non-hydrogen) atoms. The molecule has 2 rings (SSSR count). The highest BCUT2D eigenvalue weighted by Crippen LogP contribution is 2.42. The summed E-state index contributed by atoms with van der Waals surface area (Å²) in [6.45, 7) is 8.66. The van der Waals surface area contributed by atoms with E-state index in [1.54, 1.807) is 14.0 Å². The number of nitrogens with one attached hydrogen (secondary N) is 3. The van der Waals surface area contributed by atoms with Crippen molar-refractivity contribution < 1.29 is 4.79 Å². The van der Waals surface area contributed by atoms with Crippen molar-refractivity contribution in [3.05, 3.63) is 20.8 Å². The molecule has 0 bridgehead atoms. The van der Waals surface area contributed by atoms with Crippen LogP contribution in [0.5, 0.6) is 0 Å². The summed E-state index contributed by atoms with van der Waals surface area (Å²) in [4.78, 5) is 39.0. The van der Waals surface area contributed by atoms with E-state index in [2.05, 4.69) is 36.4 Å². The highest BCUT2D eigenvalue weighted by molar-refractivity contribution is 5.94. The third-order valence-electron chi connectivity index (χ3n) is 4.76. The minimum absolute atomic E-state index is 0.115. The summed E-state index contributed by atoms with van der Waals surface area (Å²) < 4.78 is 1.36. The number of nitrogens with zero attached hydrogens (tertiary/aromatic N) is 1. The zero-order valence-corrected chi connectivity index (χ0v) is 15.2. The van der Waals surface area contributed by atoms with Crippen LogP contribution in [-0.2, 0) is 11.3 Å². The van der Waals surface area contributed by atoms with Crippen LogP contribution in [0, 0.1) is 17.3 Å². The van der Waals surface area contributed by atoms with Crippen molar-refractivity contribution in [3.63, 3.8) is 0 Å². The number of aromatic amines is 1. The van der Waals surface area contributed by atoms with E-state index in [0.29, 0.717) is 12.5 Å². The fraction of sp³-hybridized carbons (Fsp3) is 0.706. The average Bonchev–Trinajstić information content (AvgIpc) is 2.45. The van der Waals surface area contributed by atoms with E-state index >= 15 is 0 Å². The predicted octanol–water partition coefficient (Wildman–Crippen LogP) is 2.00. The van der Waals surface area contributed by atoms with Crippen LogP contribution in [0.3, 0.4) is 0 Å². The molecule has 7 nitrogen and oxygen atoms in total. The Kier molecular flexibility index (Phi) is 5.20. The molecule has 1 aliphatic rings. The van der Waals surface area contributed by atoms with Crippen LogP contribution in [0.4, 0.5) is 11.5 Å². The van der Waals surface area contributed by atoms with Crippen LogP contribution in [0.2, 0.25) is 0 Å². The van der Waals surface area contributed by atoms with Gasteiger partial charge in [-0.05, 0) is 37.5 Å². The van der Waals surface area contributed by atoms with Crippen molar-refractivity contribution in [2.45, 2.75) is 53.5 Å². The molecule has 1 fully saturated rings. The predicted molar refractivity (Wildman–Crippen MR) is 95.5 cm³/mol. The Hall–Kier alpha value is -2.05. The van der Waals surface area contributed by atoms with Gasteiger partial charge in [0.15, 0.2) is 0 Å². The molecule has 1 aliphatic carbocycles. The van der Waals surface area contributed by atoms with Gasteiger partial charge >= 0.3 is 5.69 Å². The number of H-pyrrole nitrogens is 1. The molecule has 0 aliphatic heterocycles. The smallest absolute Gasteiger partial charge is 0.330 e. The average molecular weight is 336 g/mol. The van der Waals surface area contributed by atoms with Gasteiger partial charge in [-0.3, -0.25) is 19.1 Å². The lowest BCUT2D eigenvalue weighted by atomic mass is 9.68. The van der Waals surface area contributed by atoms with E-state index in [1.807, 2.05) is 0 Å². The fourth-order valence-corrected chi connectivity index (χ4v) is 4.00. The number of carbonyl (C=O) groups excluding carboxylic acids is 1. The lowest BCUT2D eigenvalue weighted by molar-refractivity contribution is -0.122. The van der Waals surface area contributed by atoms with E-state index in [9.17, 15) is 14.4 Å². The maximum atomic E-state index is 12.8. The number of hydrogen-bond acceptors (Lipinski definition) is 4. The highest BCUT2D eigenvalue weighted by atomic mass is 16.2. The van der Waals surface area contributed by atoms with Gasteiger partial charge in [-0.25, -0.2) is 4.79 Å². The van der Waals surface area contributed by atoms with Crippen LogP contribution in [0.15, 0.2) is 9.59 Å². The maximum absolute atomic E-state index is 12.8. The molecule has 7 heteroatoms. The first kappa shape index (κ1) is 18.3. The Morgan fingerprint density at radius 3 is 2.54 bits per heavy atom. The molecule has 1 aromatic heterocycles. The summed E-state index contributed by atoms with van der Waals surface area (Å²) in [5.74, 6) is 0.474. The first-order valence-corrected chi connectivity index (χ1v) is 8.54. The fourth-order valence-electron chi connectivity index (χ4n) is 4.00. The Balaban J connectivity index is 2.35. The van der Waals surface area contributed by atoms with Crippen molar-refractivity contribution in [2.24, 2.45) is 17.3 Å². The summed E-state index contributed by atoms with van der Waals surface area (Å²) in [7, 11) is 1.59. The molecule has 1 heterocycles. The van der Waals surface area contributed by atoms with Crippen molar-refractivity contribution in [3.8, 4) is 0 Å². The number of aromatic nitrogens is 2. The normalized spacial score (nSPS) is 22.9. The quantitative estimate of drug-likeness (QED) is 0.783. The van der Waals surface area contributed by atoms with Gasteiger partial charge in [0.2, 0.25) is 5.91 Å². The van der Waals surface area contributed by atoms with E-state index in [0.717, 1.165) is 19.3 Å². The summed E-state index contributed by atoms with van der Waals surface area (Å²) >= 11 is 0. The van der Waals surface area contributed by atoms with Gasteiger partial charge in [-0.2, -0.15) is 0 Å². The monoisotopic (exact) mass is 336 g/mol. The van der Waals surface area contributed by atoms with Crippen LogP contribution in [-0.4, -0.2) is 22.5 Å². The molecular weight excluding hydrogens is 308 g/mol. The summed E-state index contributed by atoms with van der Waals surface area (Å²) in [6.07, 6.45) is 2.73. The van der Waals surface area contributed by atoms with Gasteiger partial charge < -0.3 is 10.6 Å². The lowest BCUT2D eigenvalue weighted by Gasteiger charge is -2.38. The first-order chi connectivity index (χ1) is 11.2. The molecule has 1 amide bonds. The molecule has 0 radical (unpaired) electrons. The SMILES string of the molecule is CCn1c(NC(=O)[C@@H]2C[C@@H](C)CC(C)(C)C2)c(NC)c(=O)[nH]c1=O. The molecule has 0 unspecified atom stereocenters. The third kappa shape index (κ3) is 3.71. The second-order valence-corrected chi connectivity index (χ2v) is 7.58. The highest BCUT2D eigenvalue weighted by Gasteiger charge is 2.36. The van der Waals surface area contributed by atoms with Crippen LogP contribution < -0.4 is 21.9 Å². The van der Waals surface area contributed by atoms with Gasteiger partial charge in [0.05, 0.1) is 0 Å². The van der Waals surface area contributed by atoms with Crippen molar-refractivity contribution >= 4 is 17.4 Å². The number of rotatable bonds is 4. The minimum Gasteiger partial charge on any atom is -0.381 e. The maximum Gasteiger partial charge on any atom is 0.330 e. The zero-order valence-electron chi connectivity index (χ0n) is 15.2. The topological polar surface area (TPSA) is 96.0 Å². The summed E-state index contributed by atoms with van der Waals surface area (Å²) in [5.41, 5.74) is -0.730. The van der Waals surface area contributed by atoms with E-state index < -0.39 is 11.2 Å². The van der Waals surface area contributed by atoms with Gasteiger partial charge in [0.1, 0.15) is 11.5 Å². The Bertz CT molecular complexity index is 696. The van der Waals surface area contributed by atoms with E-state index in [-0.39, 0.29) is 28.7 Å². The van der Waals surface area contributed by atoms with Crippen LogP contribution in [0.1, 0.15) is 47.0 Å². The molecule has 1 saturated carbocycles. The lowest BCUT2D eigenvalue weighted by Crippen LogP contribution is -2.38. The van der Waals surface area contributed by atoms with Gasteiger partial charge in [-0.1, -0.05) is 20.8 Å². The van der Waals surface area contributed by atoms with E-state index in [4.69, 9.17) is 0 Å². The molecule has 134 valence electrons. The molecular formula is C17H28N4O3. The Labute approximate surface area is 141 Å². The Morgan fingerprint density at radius 1 is 1.33 bits per heavy atom. The minimum atomic E-state index is -0.528. The number of hydrogen-bond donors (Lipinski definition) is 3. The summed E-state index contributed by atoms with van der Waals surface area (Å²) in [5, 5.41) is 5.61. The summed E-state index contributed by atoms with van der Waals surface area (Å²) in [6, 6.07) is 0. The van der Waals surface area contributed by atoms with Gasteiger partial charge in [0.25, 0.3) is 5.56 Å². The molecule has 0 aromatic carbocycles. The molecule has 1 aromatic rings. The number of amides is 1. The Morgan fingerprint density at radius 2 is 2.00 bits per heavy atom. The second kappa shape index (κ2) is 6.83. The molecule has 2 atom stereocenters. The molecule has 3 N–H and O–H groups in total.